The van der Waals surface area contributed by atoms with E-state index in [2.05, 4.69) is 4.98 Å². The number of hydrogen-bond donors (Lipinski definition) is 0. The number of para-hydroxylation sites is 1. The number of hydrogen-bond acceptors (Lipinski definition) is 5. The van der Waals surface area contributed by atoms with Gasteiger partial charge in [-0.25, -0.2) is 14.3 Å². The third-order valence-electron chi connectivity index (χ3n) is 4.63. The largest absolute Gasteiger partial charge is 0.487 e. The first kappa shape index (κ1) is 18.7. The topological polar surface area (TPSA) is 65.7 Å². The molecule has 6 nitrogen and oxygen atoms in total. The van der Waals surface area contributed by atoms with Crippen molar-refractivity contribution < 1.29 is 14.3 Å². The highest BCUT2D eigenvalue weighted by Crippen LogP contribution is 2.29. The number of ether oxygens (including phenoxy) is 2. The summed E-state index contributed by atoms with van der Waals surface area (Å²) in [6, 6.07) is 19.5. The second-order valence-corrected chi connectivity index (χ2v) is 6.50. The predicted molar refractivity (Wildman–Crippen MR) is 110 cm³/mol. The molecule has 0 amide bonds. The van der Waals surface area contributed by atoms with Gasteiger partial charge in [0.2, 0.25) is 0 Å². The van der Waals surface area contributed by atoms with Crippen molar-refractivity contribution in [2.24, 2.45) is 0 Å². The summed E-state index contributed by atoms with van der Waals surface area (Å²) < 4.78 is 12.8. The first-order chi connectivity index (χ1) is 14.2. The molecule has 0 aliphatic carbocycles. The van der Waals surface area contributed by atoms with Crippen LogP contribution in [0, 0.1) is 6.92 Å². The standard InChI is InChI=1S/C23H21N3O3/c1-3-28-23(27)19-14-24-22-21(17-10-6-4-7-11-17)20(25-26(22)16(19)2)15-29-18-12-8-5-9-13-18/h4-14H,3,15H2,1-2H3. The third kappa shape index (κ3) is 3.69. The average molecular weight is 387 g/mol. The molecule has 0 radical (unpaired) electrons. The highest BCUT2D eigenvalue weighted by molar-refractivity contribution is 5.91. The van der Waals surface area contributed by atoms with E-state index < -0.39 is 5.97 Å². The Kier molecular flexibility index (Phi) is 5.24. The first-order valence-corrected chi connectivity index (χ1v) is 9.46. The molecule has 29 heavy (non-hydrogen) atoms. The van der Waals surface area contributed by atoms with Gasteiger partial charge < -0.3 is 9.47 Å². The van der Waals surface area contributed by atoms with Gasteiger partial charge in [0.15, 0.2) is 5.65 Å². The van der Waals surface area contributed by atoms with Crippen LogP contribution in [0.1, 0.15) is 28.7 Å². The number of nitrogens with zero attached hydrogens (tertiary/aromatic N) is 3. The molecule has 0 N–H and O–H groups in total. The Balaban J connectivity index is 1.82. The van der Waals surface area contributed by atoms with Gasteiger partial charge in [-0.1, -0.05) is 48.5 Å². The van der Waals surface area contributed by atoms with Gasteiger partial charge >= 0.3 is 5.97 Å². The molecule has 0 fully saturated rings. The lowest BCUT2D eigenvalue weighted by molar-refractivity contribution is 0.0524. The van der Waals surface area contributed by atoms with Crippen LogP contribution >= 0.6 is 0 Å². The summed E-state index contributed by atoms with van der Waals surface area (Å²) in [7, 11) is 0. The Bertz CT molecular complexity index is 1140. The molecule has 2 aromatic carbocycles. The molecule has 0 unspecified atom stereocenters. The molecule has 0 aliphatic heterocycles. The summed E-state index contributed by atoms with van der Waals surface area (Å²) in [5, 5.41) is 4.73. The highest BCUT2D eigenvalue weighted by atomic mass is 16.5. The van der Waals surface area contributed by atoms with Gasteiger partial charge in [-0.05, 0) is 31.5 Å². The summed E-state index contributed by atoms with van der Waals surface area (Å²) in [6.07, 6.45) is 1.55. The van der Waals surface area contributed by atoms with Crippen LogP contribution in [0.5, 0.6) is 5.75 Å². The van der Waals surface area contributed by atoms with E-state index in [9.17, 15) is 4.79 Å². The summed E-state index contributed by atoms with van der Waals surface area (Å²) in [5.74, 6) is 0.360. The minimum absolute atomic E-state index is 0.284. The van der Waals surface area contributed by atoms with Crippen LogP contribution in [0.2, 0.25) is 0 Å². The van der Waals surface area contributed by atoms with Crippen LogP contribution in [-0.2, 0) is 11.3 Å². The normalized spacial score (nSPS) is 10.8. The van der Waals surface area contributed by atoms with Crippen LogP contribution in [0.4, 0.5) is 0 Å². The fourth-order valence-electron chi connectivity index (χ4n) is 3.22. The van der Waals surface area contributed by atoms with Crippen molar-refractivity contribution in [1.29, 1.82) is 0 Å². The van der Waals surface area contributed by atoms with E-state index in [0.717, 1.165) is 22.6 Å². The van der Waals surface area contributed by atoms with Crippen molar-refractivity contribution in [3.63, 3.8) is 0 Å². The summed E-state index contributed by atoms with van der Waals surface area (Å²) in [5.41, 5.74) is 4.38. The third-order valence-corrected chi connectivity index (χ3v) is 4.63. The molecular weight excluding hydrogens is 366 g/mol. The van der Waals surface area contributed by atoms with Gasteiger partial charge in [0.05, 0.1) is 23.4 Å². The van der Waals surface area contributed by atoms with E-state index in [1.807, 2.05) is 67.6 Å². The van der Waals surface area contributed by atoms with Crippen molar-refractivity contribution in [2.45, 2.75) is 20.5 Å². The van der Waals surface area contributed by atoms with Gasteiger partial charge in [-0.3, -0.25) is 0 Å². The van der Waals surface area contributed by atoms with Gasteiger partial charge in [-0.2, -0.15) is 5.10 Å². The second kappa shape index (κ2) is 8.14. The molecule has 0 aliphatic rings. The maximum atomic E-state index is 12.3. The number of fused-ring (bicyclic) bond motifs is 1. The van der Waals surface area contributed by atoms with Crippen LogP contribution in [-0.4, -0.2) is 27.2 Å². The first-order valence-electron chi connectivity index (χ1n) is 9.46. The van der Waals surface area contributed by atoms with Crippen molar-refractivity contribution in [3.05, 3.63) is 83.8 Å². The minimum atomic E-state index is -0.404. The van der Waals surface area contributed by atoms with Crippen LogP contribution in [0.25, 0.3) is 16.8 Å². The molecule has 0 saturated heterocycles. The van der Waals surface area contributed by atoms with E-state index in [1.165, 1.54) is 0 Å². The molecule has 2 heterocycles. The van der Waals surface area contributed by atoms with Crippen molar-refractivity contribution in [3.8, 4) is 16.9 Å². The zero-order valence-corrected chi connectivity index (χ0v) is 16.3. The van der Waals surface area contributed by atoms with Gasteiger partial charge in [-0.15, -0.1) is 0 Å². The van der Waals surface area contributed by atoms with E-state index in [4.69, 9.17) is 14.6 Å². The molecule has 4 aromatic rings. The molecule has 4 rings (SSSR count). The summed E-state index contributed by atoms with van der Waals surface area (Å²) in [6.45, 7) is 4.21. The van der Waals surface area contributed by atoms with E-state index >= 15 is 0 Å². The molecule has 2 aromatic heterocycles. The van der Waals surface area contributed by atoms with E-state index in [0.29, 0.717) is 23.5 Å². The fourth-order valence-corrected chi connectivity index (χ4v) is 3.22. The van der Waals surface area contributed by atoms with Crippen LogP contribution in [0.3, 0.4) is 0 Å². The molecule has 146 valence electrons. The Hall–Kier alpha value is -3.67. The summed E-state index contributed by atoms with van der Waals surface area (Å²) >= 11 is 0. The molecule has 0 saturated carbocycles. The Morgan fingerprint density at radius 2 is 1.72 bits per heavy atom. The lowest BCUT2D eigenvalue weighted by Gasteiger charge is -2.07. The van der Waals surface area contributed by atoms with Gasteiger partial charge in [0.1, 0.15) is 18.1 Å². The highest BCUT2D eigenvalue weighted by Gasteiger charge is 2.21. The molecule has 0 atom stereocenters. The second-order valence-electron chi connectivity index (χ2n) is 6.50. The Labute approximate surface area is 168 Å². The number of carbonyl (C=O) groups excluding carboxylic acids is 1. The lowest BCUT2D eigenvalue weighted by Crippen LogP contribution is -2.11. The minimum Gasteiger partial charge on any atom is -0.487 e. The summed E-state index contributed by atoms with van der Waals surface area (Å²) in [4.78, 5) is 16.8. The maximum Gasteiger partial charge on any atom is 0.341 e. The Morgan fingerprint density at radius 3 is 2.41 bits per heavy atom. The monoisotopic (exact) mass is 387 g/mol. The zero-order chi connectivity index (χ0) is 20.2. The van der Waals surface area contributed by atoms with Crippen LogP contribution < -0.4 is 4.74 Å². The Morgan fingerprint density at radius 1 is 1.03 bits per heavy atom. The number of carbonyl (C=O) groups is 1. The number of rotatable bonds is 6. The average Bonchev–Trinajstić information content (AvgIpc) is 3.13. The van der Waals surface area contributed by atoms with E-state index in [1.54, 1.807) is 17.6 Å². The quantitative estimate of drug-likeness (QED) is 0.457. The lowest BCUT2D eigenvalue weighted by atomic mass is 10.1. The number of esters is 1. The smallest absolute Gasteiger partial charge is 0.341 e. The number of aryl methyl sites for hydroxylation is 1. The van der Waals surface area contributed by atoms with Gasteiger partial charge in [0.25, 0.3) is 0 Å². The number of aromatic nitrogens is 3. The van der Waals surface area contributed by atoms with Crippen LogP contribution in [0.15, 0.2) is 66.9 Å². The zero-order valence-electron chi connectivity index (χ0n) is 16.3. The van der Waals surface area contributed by atoms with Crippen molar-refractivity contribution in [1.82, 2.24) is 14.6 Å². The molecule has 0 spiro atoms. The maximum absolute atomic E-state index is 12.3. The predicted octanol–water partition coefficient (Wildman–Crippen LogP) is 4.46. The molecule has 6 heteroatoms. The van der Waals surface area contributed by atoms with E-state index in [-0.39, 0.29) is 6.61 Å². The SMILES string of the molecule is CCOC(=O)c1cnc2c(-c3ccccc3)c(COc3ccccc3)nn2c1C. The number of benzene rings is 2. The fraction of sp³-hybridized carbons (Fsp3) is 0.174. The van der Waals surface area contributed by atoms with Gasteiger partial charge in [0, 0.05) is 6.20 Å². The van der Waals surface area contributed by atoms with Crippen molar-refractivity contribution in [2.75, 3.05) is 6.61 Å². The van der Waals surface area contributed by atoms with Crippen molar-refractivity contribution >= 4 is 11.6 Å². The molecular formula is C23H21N3O3. The molecule has 0 bridgehead atoms.